The van der Waals surface area contributed by atoms with Gasteiger partial charge < -0.3 is 5.32 Å². The van der Waals surface area contributed by atoms with Crippen molar-refractivity contribution >= 4 is 11.3 Å². The van der Waals surface area contributed by atoms with E-state index in [0.29, 0.717) is 6.04 Å². The summed E-state index contributed by atoms with van der Waals surface area (Å²) in [6, 6.07) is 3.04. The lowest BCUT2D eigenvalue weighted by molar-refractivity contribution is 0.259. The third-order valence-electron chi connectivity index (χ3n) is 5.19. The first-order valence-corrected chi connectivity index (χ1v) is 8.24. The SMILES string of the molecule is Cc1cc(CNC(C)C2CC3CCC2C3)c(C)s1. The van der Waals surface area contributed by atoms with E-state index >= 15 is 0 Å². The predicted octanol–water partition coefficient (Wildman–Crippen LogP) is 4.28. The van der Waals surface area contributed by atoms with Gasteiger partial charge >= 0.3 is 0 Å². The highest BCUT2D eigenvalue weighted by molar-refractivity contribution is 7.12. The molecule has 18 heavy (non-hydrogen) atoms. The van der Waals surface area contributed by atoms with Crippen LogP contribution in [0, 0.1) is 31.6 Å². The standard InChI is InChI=1S/C16H25NS/c1-10-6-15(12(3)18-10)9-17-11(2)16-8-13-4-5-14(16)7-13/h6,11,13-14,16-17H,4-5,7-9H2,1-3H3. The summed E-state index contributed by atoms with van der Waals surface area (Å²) in [6.07, 6.45) is 6.02. The molecule has 1 aromatic rings. The zero-order chi connectivity index (χ0) is 12.7. The fourth-order valence-electron chi connectivity index (χ4n) is 4.19. The van der Waals surface area contributed by atoms with Crippen molar-refractivity contribution in [1.29, 1.82) is 0 Å². The van der Waals surface area contributed by atoms with Crippen molar-refractivity contribution in [2.45, 2.75) is 59.0 Å². The number of hydrogen-bond acceptors (Lipinski definition) is 2. The number of thiophene rings is 1. The molecule has 3 rings (SSSR count). The lowest BCUT2D eigenvalue weighted by Gasteiger charge is -2.28. The van der Waals surface area contributed by atoms with Crippen LogP contribution in [0.25, 0.3) is 0 Å². The molecule has 2 saturated carbocycles. The minimum Gasteiger partial charge on any atom is -0.310 e. The third-order valence-corrected chi connectivity index (χ3v) is 6.20. The Morgan fingerprint density at radius 2 is 2.17 bits per heavy atom. The van der Waals surface area contributed by atoms with Crippen molar-refractivity contribution in [2.75, 3.05) is 0 Å². The molecule has 0 spiro atoms. The van der Waals surface area contributed by atoms with Gasteiger partial charge in [-0.1, -0.05) is 6.42 Å². The van der Waals surface area contributed by atoms with E-state index in [1.165, 1.54) is 41.0 Å². The number of aryl methyl sites for hydroxylation is 2. The predicted molar refractivity (Wildman–Crippen MR) is 79.0 cm³/mol. The highest BCUT2D eigenvalue weighted by Crippen LogP contribution is 2.49. The molecular weight excluding hydrogens is 238 g/mol. The molecule has 1 aromatic heterocycles. The molecule has 0 saturated heterocycles. The highest BCUT2D eigenvalue weighted by Gasteiger charge is 2.41. The molecule has 0 amide bonds. The molecule has 1 nitrogen and oxygen atoms in total. The van der Waals surface area contributed by atoms with Crippen molar-refractivity contribution < 1.29 is 0 Å². The van der Waals surface area contributed by atoms with E-state index in [2.05, 4.69) is 32.2 Å². The van der Waals surface area contributed by atoms with Crippen molar-refractivity contribution in [3.63, 3.8) is 0 Å². The number of rotatable bonds is 4. The molecule has 100 valence electrons. The van der Waals surface area contributed by atoms with Gasteiger partial charge in [-0.25, -0.2) is 0 Å². The number of hydrogen-bond donors (Lipinski definition) is 1. The Kier molecular flexibility index (Phi) is 3.50. The fraction of sp³-hybridized carbons (Fsp3) is 0.750. The Morgan fingerprint density at radius 3 is 2.72 bits per heavy atom. The van der Waals surface area contributed by atoms with Gasteiger partial charge in [-0.05, 0) is 69.4 Å². The fourth-order valence-corrected chi connectivity index (χ4v) is 5.13. The summed E-state index contributed by atoms with van der Waals surface area (Å²) in [6.45, 7) is 7.92. The summed E-state index contributed by atoms with van der Waals surface area (Å²) >= 11 is 1.93. The van der Waals surface area contributed by atoms with Crippen LogP contribution in [0.3, 0.4) is 0 Å². The molecule has 2 heteroatoms. The monoisotopic (exact) mass is 263 g/mol. The van der Waals surface area contributed by atoms with Crippen LogP contribution in [0.1, 0.15) is 47.9 Å². The van der Waals surface area contributed by atoms with Gasteiger partial charge in [0.15, 0.2) is 0 Å². The van der Waals surface area contributed by atoms with E-state index in [0.717, 1.165) is 24.3 Å². The third kappa shape index (κ3) is 2.37. The summed E-state index contributed by atoms with van der Waals surface area (Å²) in [5.74, 6) is 3.04. The van der Waals surface area contributed by atoms with Gasteiger partial charge in [-0.2, -0.15) is 0 Å². The molecule has 0 aromatic carbocycles. The van der Waals surface area contributed by atoms with Crippen LogP contribution in [-0.2, 0) is 6.54 Å². The maximum Gasteiger partial charge on any atom is 0.0219 e. The molecule has 4 unspecified atom stereocenters. The highest BCUT2D eigenvalue weighted by atomic mass is 32.1. The van der Waals surface area contributed by atoms with E-state index in [-0.39, 0.29) is 0 Å². The number of nitrogens with one attached hydrogen (secondary N) is 1. The molecule has 2 bridgehead atoms. The maximum atomic E-state index is 3.79. The lowest BCUT2D eigenvalue weighted by atomic mass is 9.84. The second kappa shape index (κ2) is 4.97. The van der Waals surface area contributed by atoms with Gasteiger partial charge in [-0.15, -0.1) is 11.3 Å². The van der Waals surface area contributed by atoms with Crippen LogP contribution in [-0.4, -0.2) is 6.04 Å². The Balaban J connectivity index is 1.55. The summed E-state index contributed by atoms with van der Waals surface area (Å²) in [5, 5.41) is 3.79. The number of fused-ring (bicyclic) bond motifs is 2. The van der Waals surface area contributed by atoms with Crippen LogP contribution in [0.5, 0.6) is 0 Å². The van der Waals surface area contributed by atoms with Crippen molar-refractivity contribution in [3.8, 4) is 0 Å². The Hall–Kier alpha value is -0.340. The molecule has 2 aliphatic carbocycles. The minimum absolute atomic E-state index is 0.694. The average Bonchev–Trinajstić information content (AvgIpc) is 3.01. The van der Waals surface area contributed by atoms with Crippen LogP contribution >= 0.6 is 11.3 Å². The summed E-state index contributed by atoms with van der Waals surface area (Å²) in [7, 11) is 0. The molecule has 0 radical (unpaired) electrons. The van der Waals surface area contributed by atoms with Crippen molar-refractivity contribution in [1.82, 2.24) is 5.32 Å². The summed E-state index contributed by atoms with van der Waals surface area (Å²) < 4.78 is 0. The molecular formula is C16H25NS. The summed E-state index contributed by atoms with van der Waals surface area (Å²) in [5.41, 5.74) is 1.51. The second-order valence-electron chi connectivity index (χ2n) is 6.45. The molecule has 2 fully saturated rings. The first-order valence-electron chi connectivity index (χ1n) is 7.42. The van der Waals surface area contributed by atoms with E-state index in [4.69, 9.17) is 0 Å². The molecule has 4 atom stereocenters. The van der Waals surface area contributed by atoms with Gasteiger partial charge in [0.05, 0.1) is 0 Å². The molecule has 0 aliphatic heterocycles. The first kappa shape index (κ1) is 12.7. The van der Waals surface area contributed by atoms with Crippen LogP contribution in [0.4, 0.5) is 0 Å². The van der Waals surface area contributed by atoms with Crippen LogP contribution in [0.15, 0.2) is 6.07 Å². The summed E-state index contributed by atoms with van der Waals surface area (Å²) in [4.78, 5) is 2.93. The van der Waals surface area contributed by atoms with E-state index in [9.17, 15) is 0 Å². The second-order valence-corrected chi connectivity index (χ2v) is 7.91. The zero-order valence-corrected chi connectivity index (χ0v) is 12.6. The van der Waals surface area contributed by atoms with Gasteiger partial charge in [0, 0.05) is 22.3 Å². The largest absolute Gasteiger partial charge is 0.310 e. The van der Waals surface area contributed by atoms with Gasteiger partial charge in [-0.3, -0.25) is 0 Å². The Morgan fingerprint density at radius 1 is 1.33 bits per heavy atom. The Labute approximate surface area is 115 Å². The van der Waals surface area contributed by atoms with Crippen molar-refractivity contribution in [2.24, 2.45) is 17.8 Å². The van der Waals surface area contributed by atoms with Gasteiger partial charge in [0.25, 0.3) is 0 Å². The normalized spacial score (nSPS) is 32.1. The molecule has 2 aliphatic rings. The molecule has 1 N–H and O–H groups in total. The van der Waals surface area contributed by atoms with Crippen LogP contribution < -0.4 is 5.32 Å². The average molecular weight is 263 g/mol. The van der Waals surface area contributed by atoms with E-state index in [1.807, 2.05) is 11.3 Å². The zero-order valence-electron chi connectivity index (χ0n) is 11.8. The first-order chi connectivity index (χ1) is 8.63. The van der Waals surface area contributed by atoms with Gasteiger partial charge in [0.2, 0.25) is 0 Å². The Bertz CT molecular complexity index is 423. The molecule has 1 heterocycles. The lowest BCUT2D eigenvalue weighted by Crippen LogP contribution is -2.35. The quantitative estimate of drug-likeness (QED) is 0.855. The minimum atomic E-state index is 0.694. The van der Waals surface area contributed by atoms with Gasteiger partial charge in [0.1, 0.15) is 0 Å². The maximum absolute atomic E-state index is 3.79. The topological polar surface area (TPSA) is 12.0 Å². The van der Waals surface area contributed by atoms with Crippen LogP contribution in [0.2, 0.25) is 0 Å². The smallest absolute Gasteiger partial charge is 0.0219 e. The van der Waals surface area contributed by atoms with E-state index < -0.39 is 0 Å². The van der Waals surface area contributed by atoms with Crippen molar-refractivity contribution in [3.05, 3.63) is 21.4 Å². The van der Waals surface area contributed by atoms with E-state index in [1.54, 1.807) is 0 Å².